The highest BCUT2D eigenvalue weighted by Gasteiger charge is 2.09. The first-order valence-corrected chi connectivity index (χ1v) is 7.16. The minimum Gasteiger partial charge on any atom is -0.392 e. The van der Waals surface area contributed by atoms with E-state index in [0.29, 0.717) is 5.02 Å². The molecule has 1 N–H and O–H groups in total. The number of thiazole rings is 1. The van der Waals surface area contributed by atoms with Crippen molar-refractivity contribution in [3.8, 4) is 0 Å². The number of benzene rings is 1. The Morgan fingerprint density at radius 3 is 2.95 bits per heavy atom. The summed E-state index contributed by atoms with van der Waals surface area (Å²) in [5.74, 6) is 0. The lowest BCUT2D eigenvalue weighted by atomic mass is 10.2. The van der Waals surface area contributed by atoms with Gasteiger partial charge in [0.2, 0.25) is 0 Å². The van der Waals surface area contributed by atoms with Gasteiger partial charge in [0, 0.05) is 33.2 Å². The Morgan fingerprint density at radius 2 is 2.26 bits per heavy atom. The third-order valence-electron chi connectivity index (χ3n) is 3.09. The van der Waals surface area contributed by atoms with Gasteiger partial charge in [-0.05, 0) is 19.1 Å². The summed E-state index contributed by atoms with van der Waals surface area (Å²) < 4.78 is 2.11. The van der Waals surface area contributed by atoms with Gasteiger partial charge in [-0.3, -0.25) is 0 Å². The van der Waals surface area contributed by atoms with Gasteiger partial charge >= 0.3 is 0 Å². The first-order valence-electron chi connectivity index (χ1n) is 5.97. The lowest BCUT2D eigenvalue weighted by molar-refractivity contribution is 0.283. The van der Waals surface area contributed by atoms with Gasteiger partial charge in [-0.2, -0.15) is 0 Å². The van der Waals surface area contributed by atoms with Crippen molar-refractivity contribution in [2.75, 3.05) is 0 Å². The summed E-state index contributed by atoms with van der Waals surface area (Å²) in [5.41, 5.74) is 1.97. The predicted molar refractivity (Wildman–Crippen MR) is 78.8 cm³/mol. The number of nitrogens with zero attached hydrogens (tertiary/aromatic N) is 2. The van der Waals surface area contributed by atoms with Crippen LogP contribution in [-0.2, 0) is 13.2 Å². The standard InChI is InChI=1S/C14H13ClN2OS/c1-9-16-5-12(19-9)7-17-6-10(8-18)13-3-2-11(15)4-14(13)17/h2-6,18H,7-8H2,1H3. The first-order chi connectivity index (χ1) is 9.17. The second-order valence-electron chi connectivity index (χ2n) is 4.45. The highest BCUT2D eigenvalue weighted by Crippen LogP contribution is 2.26. The number of aryl methyl sites for hydroxylation is 1. The Hall–Kier alpha value is -1.36. The number of hydrogen-bond acceptors (Lipinski definition) is 3. The van der Waals surface area contributed by atoms with E-state index in [4.69, 9.17) is 11.6 Å². The van der Waals surface area contributed by atoms with Gasteiger partial charge < -0.3 is 9.67 Å². The summed E-state index contributed by atoms with van der Waals surface area (Å²) >= 11 is 7.75. The van der Waals surface area contributed by atoms with Crippen molar-refractivity contribution in [3.63, 3.8) is 0 Å². The third kappa shape index (κ3) is 2.39. The summed E-state index contributed by atoms with van der Waals surface area (Å²) in [7, 11) is 0. The molecule has 0 aliphatic carbocycles. The van der Waals surface area contributed by atoms with E-state index < -0.39 is 0 Å². The molecule has 19 heavy (non-hydrogen) atoms. The van der Waals surface area contributed by atoms with Crippen LogP contribution >= 0.6 is 22.9 Å². The molecular weight excluding hydrogens is 280 g/mol. The average Bonchev–Trinajstić information content (AvgIpc) is 2.94. The third-order valence-corrected chi connectivity index (χ3v) is 4.23. The first kappa shape index (κ1) is 12.7. The molecule has 1 aromatic carbocycles. The molecule has 0 spiro atoms. The van der Waals surface area contributed by atoms with Crippen molar-refractivity contribution < 1.29 is 5.11 Å². The molecule has 3 nitrogen and oxygen atoms in total. The highest BCUT2D eigenvalue weighted by atomic mass is 35.5. The second kappa shape index (κ2) is 4.96. The van der Waals surface area contributed by atoms with Gasteiger partial charge in [0.1, 0.15) is 0 Å². The smallest absolute Gasteiger partial charge is 0.0897 e. The maximum absolute atomic E-state index is 9.43. The number of rotatable bonds is 3. The fraction of sp³-hybridized carbons (Fsp3) is 0.214. The number of halogens is 1. The Labute approximate surface area is 120 Å². The summed E-state index contributed by atoms with van der Waals surface area (Å²) in [6.45, 7) is 2.78. The second-order valence-corrected chi connectivity index (χ2v) is 6.20. The monoisotopic (exact) mass is 292 g/mol. The number of fused-ring (bicyclic) bond motifs is 1. The number of hydrogen-bond donors (Lipinski definition) is 1. The Morgan fingerprint density at radius 1 is 1.42 bits per heavy atom. The molecule has 3 rings (SSSR count). The maximum atomic E-state index is 9.43. The van der Waals surface area contributed by atoms with E-state index in [1.165, 1.54) is 4.88 Å². The van der Waals surface area contributed by atoms with Crippen LogP contribution in [0.5, 0.6) is 0 Å². The van der Waals surface area contributed by atoms with Crippen LogP contribution in [0.1, 0.15) is 15.4 Å². The molecule has 0 aliphatic rings. The van der Waals surface area contributed by atoms with E-state index in [2.05, 4.69) is 9.55 Å². The summed E-state index contributed by atoms with van der Waals surface area (Å²) in [6.07, 6.45) is 3.88. The van der Waals surface area contributed by atoms with Crippen LogP contribution in [0.3, 0.4) is 0 Å². The minimum absolute atomic E-state index is 0.0346. The van der Waals surface area contributed by atoms with E-state index in [0.717, 1.165) is 28.0 Å². The maximum Gasteiger partial charge on any atom is 0.0897 e. The summed E-state index contributed by atoms with van der Waals surface area (Å²) in [5, 5.41) is 12.2. The quantitative estimate of drug-likeness (QED) is 0.801. The fourth-order valence-electron chi connectivity index (χ4n) is 2.24. The van der Waals surface area contributed by atoms with Crippen molar-refractivity contribution in [3.05, 3.63) is 51.1 Å². The molecule has 0 amide bonds. The summed E-state index contributed by atoms with van der Waals surface area (Å²) in [4.78, 5) is 5.46. The van der Waals surface area contributed by atoms with Crippen LogP contribution in [0.25, 0.3) is 10.9 Å². The molecule has 98 valence electrons. The van der Waals surface area contributed by atoms with Gasteiger partial charge in [0.25, 0.3) is 0 Å². The molecule has 0 aliphatic heterocycles. The molecule has 5 heteroatoms. The van der Waals surface area contributed by atoms with Crippen LogP contribution in [0.15, 0.2) is 30.6 Å². The van der Waals surface area contributed by atoms with Crippen molar-refractivity contribution in [1.82, 2.24) is 9.55 Å². The van der Waals surface area contributed by atoms with Gasteiger partial charge in [-0.25, -0.2) is 4.98 Å². The fourth-order valence-corrected chi connectivity index (χ4v) is 3.20. The van der Waals surface area contributed by atoms with Crippen LogP contribution in [0, 0.1) is 6.92 Å². The van der Waals surface area contributed by atoms with Crippen LogP contribution < -0.4 is 0 Å². The lowest BCUT2D eigenvalue weighted by Gasteiger charge is -2.03. The molecule has 0 saturated heterocycles. The normalized spacial score (nSPS) is 11.3. The number of aromatic nitrogens is 2. The molecule has 0 unspecified atom stereocenters. The van der Waals surface area contributed by atoms with Crippen LogP contribution in [-0.4, -0.2) is 14.7 Å². The number of aliphatic hydroxyl groups is 1. The highest BCUT2D eigenvalue weighted by molar-refractivity contribution is 7.11. The van der Waals surface area contributed by atoms with Crippen molar-refractivity contribution >= 4 is 33.8 Å². The SMILES string of the molecule is Cc1ncc(Cn2cc(CO)c3ccc(Cl)cc32)s1. The average molecular weight is 293 g/mol. The van der Waals surface area contributed by atoms with Gasteiger partial charge in [-0.1, -0.05) is 17.7 Å². The zero-order valence-electron chi connectivity index (χ0n) is 10.4. The lowest BCUT2D eigenvalue weighted by Crippen LogP contribution is -1.95. The van der Waals surface area contributed by atoms with Crippen molar-refractivity contribution in [1.29, 1.82) is 0 Å². The Balaban J connectivity index is 2.09. The molecule has 2 aromatic heterocycles. The van der Waals surface area contributed by atoms with E-state index in [1.54, 1.807) is 11.3 Å². The Bertz CT molecular complexity index is 732. The topological polar surface area (TPSA) is 38.0 Å². The van der Waals surface area contributed by atoms with Gasteiger partial charge in [-0.15, -0.1) is 11.3 Å². The Kier molecular flexibility index (Phi) is 3.31. The minimum atomic E-state index is 0.0346. The van der Waals surface area contributed by atoms with Crippen molar-refractivity contribution in [2.24, 2.45) is 0 Å². The molecule has 0 saturated carbocycles. The zero-order chi connectivity index (χ0) is 13.4. The zero-order valence-corrected chi connectivity index (χ0v) is 12.0. The van der Waals surface area contributed by atoms with E-state index in [9.17, 15) is 5.11 Å². The van der Waals surface area contributed by atoms with E-state index >= 15 is 0 Å². The molecule has 0 fully saturated rings. The molecule has 0 atom stereocenters. The molecule has 0 radical (unpaired) electrons. The number of aliphatic hydroxyl groups excluding tert-OH is 1. The van der Waals surface area contributed by atoms with E-state index in [1.807, 2.05) is 37.5 Å². The summed E-state index contributed by atoms with van der Waals surface area (Å²) in [6, 6.07) is 5.74. The van der Waals surface area contributed by atoms with Gasteiger partial charge in [0.15, 0.2) is 0 Å². The predicted octanol–water partition coefficient (Wildman–Crippen LogP) is 3.60. The molecule has 2 heterocycles. The van der Waals surface area contributed by atoms with Crippen LogP contribution in [0.2, 0.25) is 5.02 Å². The molecule has 0 bridgehead atoms. The van der Waals surface area contributed by atoms with E-state index in [-0.39, 0.29) is 6.61 Å². The van der Waals surface area contributed by atoms with Crippen LogP contribution in [0.4, 0.5) is 0 Å². The van der Waals surface area contributed by atoms with Gasteiger partial charge in [0.05, 0.1) is 23.7 Å². The van der Waals surface area contributed by atoms with Crippen molar-refractivity contribution in [2.45, 2.75) is 20.1 Å². The molecular formula is C14H13ClN2OS. The largest absolute Gasteiger partial charge is 0.392 e. The molecule has 3 aromatic rings.